The molecule has 1 atom stereocenters. The number of hydrogen-bond acceptors (Lipinski definition) is 3. The predicted molar refractivity (Wildman–Crippen MR) is 94.2 cm³/mol. The van der Waals surface area contributed by atoms with E-state index in [1.54, 1.807) is 0 Å². The topological polar surface area (TPSA) is 65.2 Å². The second kappa shape index (κ2) is 6.63. The zero-order valence-corrected chi connectivity index (χ0v) is 14.6. The first-order chi connectivity index (χ1) is 11.0. The van der Waals surface area contributed by atoms with Crippen LogP contribution in [0.1, 0.15) is 24.0 Å². The molecule has 1 saturated heterocycles. The van der Waals surface area contributed by atoms with Gasteiger partial charge in [0.2, 0.25) is 10.0 Å². The summed E-state index contributed by atoms with van der Waals surface area (Å²) >= 11 is 0. The molecule has 0 spiro atoms. The number of nitrogens with one attached hydrogen (secondary N) is 2. The Morgan fingerprint density at radius 3 is 2.91 bits per heavy atom. The lowest BCUT2D eigenvalue weighted by molar-refractivity contribution is 0.310. The number of likely N-dealkylation sites (N-methyl/N-ethyl adjacent to an activating group) is 1. The highest BCUT2D eigenvalue weighted by Gasteiger charge is 2.22. The Morgan fingerprint density at radius 2 is 2.22 bits per heavy atom. The average Bonchev–Trinajstić information content (AvgIpc) is 3.13. The quantitative estimate of drug-likeness (QED) is 0.847. The molecule has 2 N–H and O–H groups in total. The summed E-state index contributed by atoms with van der Waals surface area (Å²) in [5.41, 5.74) is 3.52. The first-order valence-electron chi connectivity index (χ1n) is 8.19. The van der Waals surface area contributed by atoms with Gasteiger partial charge < -0.3 is 9.88 Å². The minimum atomic E-state index is -3.16. The molecule has 1 aromatic carbocycles. The lowest BCUT2D eigenvalue weighted by Crippen LogP contribution is -2.26. The third kappa shape index (κ3) is 3.76. The number of hydrogen-bond donors (Lipinski definition) is 2. The van der Waals surface area contributed by atoms with Crippen molar-refractivity contribution >= 4 is 20.9 Å². The van der Waals surface area contributed by atoms with E-state index in [2.05, 4.69) is 40.0 Å². The van der Waals surface area contributed by atoms with Gasteiger partial charge in [-0.25, -0.2) is 13.1 Å². The molecule has 2 heterocycles. The zero-order valence-electron chi connectivity index (χ0n) is 13.8. The van der Waals surface area contributed by atoms with E-state index in [4.69, 9.17) is 0 Å². The van der Waals surface area contributed by atoms with Gasteiger partial charge in [-0.2, -0.15) is 0 Å². The minimum absolute atomic E-state index is 0.125. The largest absolute Gasteiger partial charge is 0.361 e. The van der Waals surface area contributed by atoms with Crippen LogP contribution in [0.15, 0.2) is 24.4 Å². The highest BCUT2D eigenvalue weighted by Crippen LogP contribution is 2.25. The summed E-state index contributed by atoms with van der Waals surface area (Å²) < 4.78 is 25.6. The van der Waals surface area contributed by atoms with Gasteiger partial charge in [0.1, 0.15) is 0 Å². The van der Waals surface area contributed by atoms with Gasteiger partial charge in [-0.1, -0.05) is 6.07 Å². The molecule has 23 heavy (non-hydrogen) atoms. The molecule has 0 amide bonds. The molecule has 0 saturated carbocycles. The molecule has 1 aliphatic rings. The summed E-state index contributed by atoms with van der Waals surface area (Å²) in [5.74, 6) is 0.125. The molecule has 0 bridgehead atoms. The Balaban J connectivity index is 1.79. The Hall–Kier alpha value is -1.37. The van der Waals surface area contributed by atoms with E-state index in [1.165, 1.54) is 37.4 Å². The van der Waals surface area contributed by atoms with Crippen LogP contribution in [0.5, 0.6) is 0 Å². The van der Waals surface area contributed by atoms with Crippen molar-refractivity contribution in [1.82, 2.24) is 14.6 Å². The van der Waals surface area contributed by atoms with Crippen molar-refractivity contribution in [2.24, 2.45) is 0 Å². The lowest BCUT2D eigenvalue weighted by Gasteiger charge is -2.18. The molecule has 0 radical (unpaired) electrons. The summed E-state index contributed by atoms with van der Waals surface area (Å²) in [6.45, 7) is 1.18. The van der Waals surface area contributed by atoms with Crippen LogP contribution < -0.4 is 4.72 Å². The van der Waals surface area contributed by atoms with Crippen molar-refractivity contribution < 1.29 is 8.42 Å². The molecule has 2 aromatic rings. The van der Waals surface area contributed by atoms with Crippen LogP contribution in [-0.4, -0.2) is 50.7 Å². The fourth-order valence-corrected chi connectivity index (χ4v) is 4.10. The summed E-state index contributed by atoms with van der Waals surface area (Å²) in [5, 5.41) is 1.23. The molecule has 1 fully saturated rings. The fraction of sp³-hybridized carbons (Fsp3) is 0.529. The second-order valence-electron chi connectivity index (χ2n) is 6.45. The zero-order chi connectivity index (χ0) is 16.4. The van der Waals surface area contributed by atoms with Crippen molar-refractivity contribution in [1.29, 1.82) is 0 Å². The smallest absolute Gasteiger partial charge is 0.211 e. The monoisotopic (exact) mass is 335 g/mol. The maximum absolute atomic E-state index is 11.6. The number of rotatable bonds is 6. The van der Waals surface area contributed by atoms with Gasteiger partial charge in [0.05, 0.1) is 5.75 Å². The Bertz CT molecular complexity index is 782. The third-order valence-electron chi connectivity index (χ3n) is 4.93. The minimum Gasteiger partial charge on any atom is -0.361 e. The van der Waals surface area contributed by atoms with Gasteiger partial charge in [0.25, 0.3) is 0 Å². The summed E-state index contributed by atoms with van der Waals surface area (Å²) in [4.78, 5) is 5.77. The molecule has 1 aromatic heterocycles. The van der Waals surface area contributed by atoms with Crippen LogP contribution in [0, 0.1) is 0 Å². The number of benzene rings is 1. The maximum Gasteiger partial charge on any atom is 0.211 e. The molecule has 6 heteroatoms. The number of sulfonamides is 1. The first kappa shape index (κ1) is 16.5. The number of fused-ring (bicyclic) bond motifs is 1. The van der Waals surface area contributed by atoms with E-state index >= 15 is 0 Å². The summed E-state index contributed by atoms with van der Waals surface area (Å²) in [7, 11) is 0.496. The standard InChI is InChI=1S/C17H25N3O2S/c1-18-23(21,22)9-7-13-5-6-17-16(10-13)14(12-19-17)11-15-4-3-8-20(15)2/h5-6,10,12,15,18-19H,3-4,7-9,11H2,1-2H3/t15-/m1/s1. The van der Waals surface area contributed by atoms with Crippen LogP contribution in [0.2, 0.25) is 0 Å². The van der Waals surface area contributed by atoms with Gasteiger partial charge in [0, 0.05) is 23.1 Å². The Labute approximate surface area is 138 Å². The SMILES string of the molecule is CNS(=O)(=O)CCc1ccc2[nH]cc(C[C@H]3CCCN3C)c2c1. The Morgan fingerprint density at radius 1 is 1.39 bits per heavy atom. The van der Waals surface area contributed by atoms with Crippen molar-refractivity contribution in [3.05, 3.63) is 35.5 Å². The molecule has 1 aliphatic heterocycles. The number of aromatic nitrogens is 1. The van der Waals surface area contributed by atoms with Crippen LogP contribution in [0.3, 0.4) is 0 Å². The fourth-order valence-electron chi connectivity index (χ4n) is 3.40. The van der Waals surface area contributed by atoms with E-state index < -0.39 is 10.0 Å². The summed E-state index contributed by atoms with van der Waals surface area (Å²) in [6.07, 6.45) is 6.21. The number of nitrogens with zero attached hydrogens (tertiary/aromatic N) is 1. The van der Waals surface area contributed by atoms with Crippen molar-refractivity contribution in [3.8, 4) is 0 Å². The lowest BCUT2D eigenvalue weighted by atomic mass is 10.0. The number of aryl methyl sites for hydroxylation is 1. The van der Waals surface area contributed by atoms with Crippen LogP contribution in [0.25, 0.3) is 10.9 Å². The van der Waals surface area contributed by atoms with E-state index in [9.17, 15) is 8.42 Å². The van der Waals surface area contributed by atoms with Crippen molar-refractivity contribution in [2.45, 2.75) is 31.7 Å². The number of H-pyrrole nitrogens is 1. The van der Waals surface area contributed by atoms with Crippen LogP contribution in [-0.2, 0) is 22.9 Å². The van der Waals surface area contributed by atoms with Gasteiger partial charge in [0.15, 0.2) is 0 Å². The van der Waals surface area contributed by atoms with Crippen LogP contribution in [0.4, 0.5) is 0 Å². The third-order valence-corrected chi connectivity index (χ3v) is 6.29. The molecule has 3 rings (SSSR count). The molecule has 126 valence electrons. The molecule has 5 nitrogen and oxygen atoms in total. The first-order valence-corrected chi connectivity index (χ1v) is 9.84. The van der Waals surface area contributed by atoms with E-state index in [0.29, 0.717) is 12.5 Å². The Kier molecular flexibility index (Phi) is 4.75. The van der Waals surface area contributed by atoms with Gasteiger partial charge in [-0.05, 0) is 69.6 Å². The van der Waals surface area contributed by atoms with E-state index in [0.717, 1.165) is 17.5 Å². The number of likely N-dealkylation sites (tertiary alicyclic amines) is 1. The second-order valence-corrected chi connectivity index (χ2v) is 8.49. The predicted octanol–water partition coefficient (Wildman–Crippen LogP) is 1.90. The van der Waals surface area contributed by atoms with Crippen molar-refractivity contribution in [2.75, 3.05) is 26.4 Å². The van der Waals surface area contributed by atoms with Gasteiger partial charge in [-0.3, -0.25) is 0 Å². The number of aromatic amines is 1. The van der Waals surface area contributed by atoms with Gasteiger partial charge in [-0.15, -0.1) is 0 Å². The normalized spacial score (nSPS) is 19.7. The molecule has 0 unspecified atom stereocenters. The maximum atomic E-state index is 11.6. The van der Waals surface area contributed by atoms with E-state index in [1.807, 2.05) is 6.07 Å². The van der Waals surface area contributed by atoms with Crippen molar-refractivity contribution in [3.63, 3.8) is 0 Å². The highest BCUT2D eigenvalue weighted by atomic mass is 32.2. The molecule has 0 aliphatic carbocycles. The van der Waals surface area contributed by atoms with Gasteiger partial charge >= 0.3 is 0 Å². The van der Waals surface area contributed by atoms with E-state index in [-0.39, 0.29) is 5.75 Å². The highest BCUT2D eigenvalue weighted by molar-refractivity contribution is 7.89. The molecular weight excluding hydrogens is 310 g/mol. The van der Waals surface area contributed by atoms with Crippen LogP contribution >= 0.6 is 0 Å². The summed E-state index contributed by atoms with van der Waals surface area (Å²) in [6, 6.07) is 6.82. The molecular formula is C17H25N3O2S. The average molecular weight is 335 g/mol.